The summed E-state index contributed by atoms with van der Waals surface area (Å²) in [6.45, 7) is 9.22. The van der Waals surface area contributed by atoms with E-state index in [1.165, 1.54) is 4.90 Å². The molecule has 1 aromatic carbocycles. The molecular formula is C14H19NO2. The molecule has 0 bridgehead atoms. The van der Waals surface area contributed by atoms with Crippen molar-refractivity contribution in [2.45, 2.75) is 26.4 Å². The summed E-state index contributed by atoms with van der Waals surface area (Å²) in [6.07, 6.45) is 1.40. The summed E-state index contributed by atoms with van der Waals surface area (Å²) >= 11 is 0. The summed E-state index contributed by atoms with van der Waals surface area (Å²) in [5.74, 6) is 0. The fourth-order valence-corrected chi connectivity index (χ4v) is 1.27. The molecule has 1 aromatic rings. The van der Waals surface area contributed by atoms with Crippen LogP contribution in [0.2, 0.25) is 0 Å². The van der Waals surface area contributed by atoms with Gasteiger partial charge in [-0.15, -0.1) is 0 Å². The quantitative estimate of drug-likeness (QED) is 0.779. The van der Waals surface area contributed by atoms with Crippen LogP contribution in [0.15, 0.2) is 30.8 Å². The van der Waals surface area contributed by atoms with Crippen LogP contribution >= 0.6 is 0 Å². The highest BCUT2D eigenvalue weighted by molar-refractivity contribution is 5.87. The molecular weight excluding hydrogens is 214 g/mol. The van der Waals surface area contributed by atoms with Crippen LogP contribution in [-0.2, 0) is 4.74 Å². The molecule has 0 aliphatic carbocycles. The van der Waals surface area contributed by atoms with Gasteiger partial charge in [-0.05, 0) is 38.5 Å². The first kappa shape index (κ1) is 13.3. The van der Waals surface area contributed by atoms with Crippen LogP contribution in [0.25, 0.3) is 6.08 Å². The van der Waals surface area contributed by atoms with E-state index >= 15 is 0 Å². The number of ether oxygens (including phenoxy) is 1. The maximum Gasteiger partial charge on any atom is 0.414 e. The highest BCUT2D eigenvalue weighted by Crippen LogP contribution is 2.17. The van der Waals surface area contributed by atoms with Gasteiger partial charge in [0.15, 0.2) is 0 Å². The third-order valence-electron chi connectivity index (χ3n) is 2.18. The summed E-state index contributed by atoms with van der Waals surface area (Å²) in [4.78, 5) is 13.3. The summed E-state index contributed by atoms with van der Waals surface area (Å²) in [5, 5.41) is 0. The van der Waals surface area contributed by atoms with Crippen LogP contribution in [-0.4, -0.2) is 18.7 Å². The van der Waals surface area contributed by atoms with Gasteiger partial charge in [0.05, 0.1) is 0 Å². The molecule has 0 aliphatic heterocycles. The molecule has 0 spiro atoms. The van der Waals surface area contributed by atoms with Crippen molar-refractivity contribution in [3.63, 3.8) is 0 Å². The van der Waals surface area contributed by atoms with Crippen LogP contribution < -0.4 is 4.90 Å². The molecule has 0 heterocycles. The minimum atomic E-state index is -0.480. The smallest absolute Gasteiger partial charge is 0.414 e. The van der Waals surface area contributed by atoms with Crippen molar-refractivity contribution in [1.29, 1.82) is 0 Å². The van der Waals surface area contributed by atoms with Gasteiger partial charge in [-0.3, -0.25) is 4.90 Å². The number of carbonyl (C=O) groups is 1. The first-order chi connectivity index (χ1) is 7.83. The van der Waals surface area contributed by atoms with Crippen LogP contribution in [0.5, 0.6) is 0 Å². The Morgan fingerprint density at radius 3 is 2.24 bits per heavy atom. The van der Waals surface area contributed by atoms with Crippen molar-refractivity contribution < 1.29 is 9.53 Å². The van der Waals surface area contributed by atoms with Crippen LogP contribution in [0.3, 0.4) is 0 Å². The molecule has 1 rings (SSSR count). The first-order valence-corrected chi connectivity index (χ1v) is 5.53. The average molecular weight is 233 g/mol. The molecule has 17 heavy (non-hydrogen) atoms. The molecule has 0 aromatic heterocycles. The molecule has 1 amide bonds. The van der Waals surface area contributed by atoms with Gasteiger partial charge >= 0.3 is 6.09 Å². The fourth-order valence-electron chi connectivity index (χ4n) is 1.27. The topological polar surface area (TPSA) is 29.5 Å². The molecule has 0 radical (unpaired) electrons. The van der Waals surface area contributed by atoms with Crippen molar-refractivity contribution in [2.75, 3.05) is 11.9 Å². The lowest BCUT2D eigenvalue weighted by Gasteiger charge is -2.24. The summed E-state index contributed by atoms with van der Waals surface area (Å²) < 4.78 is 5.28. The zero-order valence-electron chi connectivity index (χ0n) is 10.9. The monoisotopic (exact) mass is 233 g/mol. The van der Waals surface area contributed by atoms with E-state index in [2.05, 4.69) is 6.58 Å². The number of carbonyl (C=O) groups excluding carboxylic acids is 1. The fraction of sp³-hybridized carbons (Fsp3) is 0.357. The minimum absolute atomic E-state index is 0.358. The van der Waals surface area contributed by atoms with E-state index in [9.17, 15) is 4.79 Å². The van der Waals surface area contributed by atoms with E-state index in [4.69, 9.17) is 4.74 Å². The van der Waals surface area contributed by atoms with Gasteiger partial charge in [-0.2, -0.15) is 0 Å². The van der Waals surface area contributed by atoms with Crippen LogP contribution in [0.1, 0.15) is 26.3 Å². The highest BCUT2D eigenvalue weighted by atomic mass is 16.6. The Morgan fingerprint density at radius 2 is 1.82 bits per heavy atom. The second kappa shape index (κ2) is 5.04. The van der Waals surface area contributed by atoms with Crippen molar-refractivity contribution in [3.8, 4) is 0 Å². The number of hydrogen-bond donors (Lipinski definition) is 0. The lowest BCUT2D eigenvalue weighted by atomic mass is 10.2. The predicted molar refractivity (Wildman–Crippen MR) is 71.2 cm³/mol. The van der Waals surface area contributed by atoms with Gasteiger partial charge in [-0.1, -0.05) is 24.8 Å². The second-order valence-corrected chi connectivity index (χ2v) is 4.84. The molecule has 0 saturated carbocycles. The number of benzene rings is 1. The van der Waals surface area contributed by atoms with E-state index in [-0.39, 0.29) is 6.09 Å². The van der Waals surface area contributed by atoms with Crippen molar-refractivity contribution in [3.05, 3.63) is 36.4 Å². The number of hydrogen-bond acceptors (Lipinski definition) is 2. The van der Waals surface area contributed by atoms with Gasteiger partial charge in [0.2, 0.25) is 0 Å². The molecule has 3 nitrogen and oxygen atoms in total. The molecule has 0 unspecified atom stereocenters. The Kier molecular flexibility index (Phi) is 3.94. The van der Waals surface area contributed by atoms with E-state index in [0.717, 1.165) is 11.3 Å². The average Bonchev–Trinajstić information content (AvgIpc) is 2.26. The maximum atomic E-state index is 11.8. The Labute approximate surface area is 103 Å². The Hall–Kier alpha value is -1.77. The third-order valence-corrected chi connectivity index (χ3v) is 2.18. The molecule has 0 aliphatic rings. The third kappa shape index (κ3) is 3.94. The zero-order valence-corrected chi connectivity index (χ0v) is 10.9. The molecule has 0 saturated heterocycles. The van der Waals surface area contributed by atoms with Crippen LogP contribution in [0, 0.1) is 0 Å². The predicted octanol–water partition coefficient (Wildman–Crippen LogP) is 3.70. The number of rotatable bonds is 2. The number of anilines is 1. The summed E-state index contributed by atoms with van der Waals surface area (Å²) in [6, 6.07) is 7.54. The lowest BCUT2D eigenvalue weighted by Crippen LogP contribution is -2.34. The number of nitrogens with zero attached hydrogens (tertiary/aromatic N) is 1. The second-order valence-electron chi connectivity index (χ2n) is 4.84. The molecule has 0 fully saturated rings. The highest BCUT2D eigenvalue weighted by Gasteiger charge is 2.20. The Bertz CT molecular complexity index is 401. The molecule has 0 atom stereocenters. The van der Waals surface area contributed by atoms with Crippen molar-refractivity contribution >= 4 is 17.9 Å². The Balaban J connectivity index is 2.78. The van der Waals surface area contributed by atoms with Crippen molar-refractivity contribution in [2.24, 2.45) is 0 Å². The molecule has 92 valence electrons. The largest absolute Gasteiger partial charge is 0.443 e. The minimum Gasteiger partial charge on any atom is -0.443 e. The van der Waals surface area contributed by atoms with Crippen molar-refractivity contribution in [1.82, 2.24) is 0 Å². The summed E-state index contributed by atoms with van der Waals surface area (Å²) in [7, 11) is 1.69. The van der Waals surface area contributed by atoms with E-state index in [1.54, 1.807) is 13.1 Å². The normalized spacial score (nSPS) is 10.8. The van der Waals surface area contributed by atoms with Crippen LogP contribution in [0.4, 0.5) is 10.5 Å². The van der Waals surface area contributed by atoms with Gasteiger partial charge < -0.3 is 4.74 Å². The van der Waals surface area contributed by atoms with E-state index in [1.807, 2.05) is 45.0 Å². The first-order valence-electron chi connectivity index (χ1n) is 5.53. The Morgan fingerprint density at radius 1 is 1.29 bits per heavy atom. The van der Waals surface area contributed by atoms with Gasteiger partial charge in [-0.25, -0.2) is 4.79 Å². The standard InChI is InChI=1S/C14H19NO2/c1-6-11-7-9-12(10-8-11)15(5)13(16)17-14(2,3)4/h6-10H,1H2,2-5H3. The number of amides is 1. The maximum absolute atomic E-state index is 11.8. The molecule has 0 N–H and O–H groups in total. The van der Waals surface area contributed by atoms with E-state index in [0.29, 0.717) is 0 Å². The van der Waals surface area contributed by atoms with Gasteiger partial charge in [0, 0.05) is 12.7 Å². The molecule has 3 heteroatoms. The summed E-state index contributed by atoms with van der Waals surface area (Å²) in [5.41, 5.74) is 1.34. The lowest BCUT2D eigenvalue weighted by molar-refractivity contribution is 0.0589. The SMILES string of the molecule is C=Cc1ccc(N(C)C(=O)OC(C)(C)C)cc1. The van der Waals surface area contributed by atoms with Gasteiger partial charge in [0.1, 0.15) is 5.60 Å². The van der Waals surface area contributed by atoms with E-state index < -0.39 is 5.60 Å². The zero-order chi connectivity index (χ0) is 13.1. The van der Waals surface area contributed by atoms with Gasteiger partial charge in [0.25, 0.3) is 0 Å².